The SMILES string of the molecule is CC(C)=c1ccc(=C(c2ccc(N(C)C)cc2)c2ccc(N(C)C)cc2)cc1. The summed E-state index contributed by atoms with van der Waals surface area (Å²) in [5, 5.41) is 2.52. The van der Waals surface area contributed by atoms with Gasteiger partial charge in [-0.3, -0.25) is 0 Å². The molecule has 0 aromatic heterocycles. The third kappa shape index (κ3) is 4.28. The molecular formula is C26H30N2. The molecule has 0 saturated heterocycles. The Labute approximate surface area is 169 Å². The summed E-state index contributed by atoms with van der Waals surface area (Å²) in [7, 11) is 8.29. The molecular weight excluding hydrogens is 340 g/mol. The first kappa shape index (κ1) is 19.8. The number of rotatable bonds is 4. The van der Waals surface area contributed by atoms with Gasteiger partial charge in [0.2, 0.25) is 0 Å². The minimum atomic E-state index is 1.21. The van der Waals surface area contributed by atoms with Crippen molar-refractivity contribution in [3.63, 3.8) is 0 Å². The molecule has 3 aromatic rings. The Morgan fingerprint density at radius 3 is 1.18 bits per heavy atom. The minimum Gasteiger partial charge on any atom is -0.378 e. The molecule has 2 nitrogen and oxygen atoms in total. The quantitative estimate of drug-likeness (QED) is 0.677. The lowest BCUT2D eigenvalue weighted by atomic mass is 9.94. The first-order valence-corrected chi connectivity index (χ1v) is 9.70. The summed E-state index contributed by atoms with van der Waals surface area (Å²) in [5.41, 5.74) is 7.46. The van der Waals surface area contributed by atoms with Gasteiger partial charge in [0.15, 0.2) is 0 Å². The van der Waals surface area contributed by atoms with Crippen LogP contribution in [0.2, 0.25) is 0 Å². The molecule has 144 valence electrons. The molecule has 0 fully saturated rings. The molecule has 0 aliphatic heterocycles. The average molecular weight is 371 g/mol. The van der Waals surface area contributed by atoms with Crippen molar-refractivity contribution in [3.8, 4) is 0 Å². The molecule has 0 bridgehead atoms. The summed E-state index contributed by atoms with van der Waals surface area (Å²) in [5.74, 6) is 0. The van der Waals surface area contributed by atoms with Crippen molar-refractivity contribution < 1.29 is 0 Å². The molecule has 28 heavy (non-hydrogen) atoms. The third-order valence-corrected chi connectivity index (χ3v) is 5.10. The average Bonchev–Trinajstić information content (AvgIpc) is 2.69. The van der Waals surface area contributed by atoms with E-state index in [-0.39, 0.29) is 0 Å². The summed E-state index contributed by atoms with van der Waals surface area (Å²) < 4.78 is 0. The van der Waals surface area contributed by atoms with E-state index in [4.69, 9.17) is 0 Å². The van der Waals surface area contributed by atoms with Crippen LogP contribution in [-0.4, -0.2) is 28.2 Å². The maximum Gasteiger partial charge on any atom is 0.0361 e. The molecule has 0 spiro atoms. The van der Waals surface area contributed by atoms with Crippen LogP contribution in [0.4, 0.5) is 11.4 Å². The summed E-state index contributed by atoms with van der Waals surface area (Å²) >= 11 is 0. The number of hydrogen-bond acceptors (Lipinski definition) is 2. The van der Waals surface area contributed by atoms with E-state index in [1.165, 1.54) is 44.1 Å². The predicted octanol–water partition coefficient (Wildman–Crippen LogP) is 4.26. The van der Waals surface area contributed by atoms with Crippen molar-refractivity contribution in [1.82, 2.24) is 0 Å². The second-order valence-electron chi connectivity index (χ2n) is 7.83. The molecule has 2 heteroatoms. The lowest BCUT2D eigenvalue weighted by Gasteiger charge is -2.16. The number of anilines is 2. The van der Waals surface area contributed by atoms with Crippen LogP contribution < -0.4 is 20.2 Å². The summed E-state index contributed by atoms with van der Waals surface area (Å²) in [6, 6.07) is 26.5. The van der Waals surface area contributed by atoms with Gasteiger partial charge in [0.25, 0.3) is 0 Å². The molecule has 0 heterocycles. The summed E-state index contributed by atoms with van der Waals surface area (Å²) in [4.78, 5) is 4.26. The zero-order valence-corrected chi connectivity index (χ0v) is 17.8. The Kier molecular flexibility index (Phi) is 5.89. The van der Waals surface area contributed by atoms with Crippen LogP contribution in [0.5, 0.6) is 0 Å². The van der Waals surface area contributed by atoms with Crippen LogP contribution in [-0.2, 0) is 0 Å². The maximum absolute atomic E-state index is 2.23. The minimum absolute atomic E-state index is 1.21. The third-order valence-electron chi connectivity index (χ3n) is 5.10. The lowest BCUT2D eigenvalue weighted by Crippen LogP contribution is -2.14. The van der Waals surface area contributed by atoms with Gasteiger partial charge in [-0.05, 0) is 65.3 Å². The highest BCUT2D eigenvalue weighted by molar-refractivity contribution is 5.80. The predicted molar refractivity (Wildman–Crippen MR) is 124 cm³/mol. The first-order chi connectivity index (χ1) is 13.4. The largest absolute Gasteiger partial charge is 0.378 e. The van der Waals surface area contributed by atoms with E-state index in [9.17, 15) is 0 Å². The van der Waals surface area contributed by atoms with E-state index in [0.29, 0.717) is 0 Å². The highest BCUT2D eigenvalue weighted by Crippen LogP contribution is 2.25. The second kappa shape index (κ2) is 8.35. The van der Waals surface area contributed by atoms with Crippen LogP contribution in [0, 0.1) is 0 Å². The van der Waals surface area contributed by atoms with Gasteiger partial charge >= 0.3 is 0 Å². The van der Waals surface area contributed by atoms with Gasteiger partial charge in [-0.25, -0.2) is 0 Å². The fraction of sp³-hybridized carbons (Fsp3) is 0.231. The molecule has 0 N–H and O–H groups in total. The van der Waals surface area contributed by atoms with Gasteiger partial charge in [-0.1, -0.05) is 54.1 Å². The molecule has 0 atom stereocenters. The summed E-state index contributed by atoms with van der Waals surface area (Å²) in [6.07, 6.45) is 0. The maximum atomic E-state index is 2.23. The van der Waals surface area contributed by atoms with Gasteiger partial charge in [0.1, 0.15) is 0 Å². The van der Waals surface area contributed by atoms with E-state index >= 15 is 0 Å². The Bertz CT molecular complexity index is 976. The van der Waals surface area contributed by atoms with Gasteiger partial charge in [0.05, 0.1) is 0 Å². The van der Waals surface area contributed by atoms with E-state index in [2.05, 4.69) is 125 Å². The van der Waals surface area contributed by atoms with Gasteiger partial charge < -0.3 is 9.80 Å². The molecule has 0 radical (unpaired) electrons. The van der Waals surface area contributed by atoms with Crippen molar-refractivity contribution in [2.24, 2.45) is 0 Å². The van der Waals surface area contributed by atoms with Gasteiger partial charge in [-0.2, -0.15) is 0 Å². The monoisotopic (exact) mass is 370 g/mol. The molecule has 3 rings (SSSR count). The topological polar surface area (TPSA) is 6.48 Å². The van der Waals surface area contributed by atoms with Crippen molar-refractivity contribution in [1.29, 1.82) is 0 Å². The first-order valence-electron chi connectivity index (χ1n) is 9.70. The molecule has 0 amide bonds. The van der Waals surface area contributed by atoms with Crippen molar-refractivity contribution >= 4 is 22.5 Å². The van der Waals surface area contributed by atoms with Crippen molar-refractivity contribution in [3.05, 3.63) is 94.4 Å². The number of benzene rings is 3. The number of nitrogens with zero attached hydrogens (tertiary/aromatic N) is 2. The zero-order valence-electron chi connectivity index (χ0n) is 17.8. The van der Waals surface area contributed by atoms with Crippen LogP contribution in [0.25, 0.3) is 11.1 Å². The molecule has 0 unspecified atom stereocenters. The lowest BCUT2D eigenvalue weighted by molar-refractivity contribution is 1.13. The standard InChI is InChI=1S/C26H30N2/c1-19(2)20-7-9-21(10-8-20)26(22-11-15-24(16-12-22)27(3)4)23-13-17-25(18-14-23)28(5)6/h7-18H,1-6H3. The fourth-order valence-electron chi connectivity index (χ4n) is 3.32. The Morgan fingerprint density at radius 2 is 0.857 bits per heavy atom. The zero-order chi connectivity index (χ0) is 20.3. The van der Waals surface area contributed by atoms with Crippen molar-refractivity contribution in [2.45, 2.75) is 13.8 Å². The van der Waals surface area contributed by atoms with Gasteiger partial charge in [0, 0.05) is 39.6 Å². The molecule has 3 aromatic carbocycles. The Balaban J connectivity index is 2.21. The van der Waals surface area contributed by atoms with E-state index < -0.39 is 0 Å². The Hall–Kier alpha value is -3.00. The summed E-state index contributed by atoms with van der Waals surface area (Å²) in [6.45, 7) is 4.30. The molecule has 0 saturated carbocycles. The van der Waals surface area contributed by atoms with E-state index in [0.717, 1.165) is 0 Å². The fourth-order valence-corrected chi connectivity index (χ4v) is 3.32. The normalized spacial score (nSPS) is 10.5. The molecule has 0 aliphatic rings. The van der Waals surface area contributed by atoms with Crippen LogP contribution in [0.15, 0.2) is 72.8 Å². The van der Waals surface area contributed by atoms with Crippen molar-refractivity contribution in [2.75, 3.05) is 38.0 Å². The van der Waals surface area contributed by atoms with E-state index in [1.54, 1.807) is 0 Å². The van der Waals surface area contributed by atoms with Crippen LogP contribution in [0.1, 0.15) is 25.0 Å². The van der Waals surface area contributed by atoms with E-state index in [1.807, 2.05) is 0 Å². The smallest absolute Gasteiger partial charge is 0.0361 e. The molecule has 0 aliphatic carbocycles. The van der Waals surface area contributed by atoms with Crippen LogP contribution >= 0.6 is 0 Å². The number of hydrogen-bond donors (Lipinski definition) is 0. The highest BCUT2D eigenvalue weighted by Gasteiger charge is 2.08. The second-order valence-corrected chi connectivity index (χ2v) is 7.83. The van der Waals surface area contributed by atoms with Crippen LogP contribution in [0.3, 0.4) is 0 Å². The highest BCUT2D eigenvalue weighted by atomic mass is 15.1. The van der Waals surface area contributed by atoms with Gasteiger partial charge in [-0.15, -0.1) is 0 Å². The Morgan fingerprint density at radius 1 is 0.500 bits per heavy atom.